The van der Waals surface area contributed by atoms with E-state index in [0.717, 1.165) is 5.69 Å². The van der Waals surface area contributed by atoms with Crippen molar-refractivity contribution in [2.75, 3.05) is 18.4 Å². The summed E-state index contributed by atoms with van der Waals surface area (Å²) in [5, 5.41) is 11.8. The van der Waals surface area contributed by atoms with Crippen LogP contribution >= 0.6 is 0 Å². The number of aromatic nitrogens is 1. The number of nitrogens with zero attached hydrogens (tertiary/aromatic N) is 4. The number of amides is 3. The number of nitrogens with one attached hydrogen (secondary N) is 1. The van der Waals surface area contributed by atoms with E-state index in [9.17, 15) is 9.59 Å². The third-order valence-electron chi connectivity index (χ3n) is 4.89. The second-order valence-corrected chi connectivity index (χ2v) is 7.23. The van der Waals surface area contributed by atoms with E-state index in [-0.39, 0.29) is 25.5 Å². The normalized spacial score (nSPS) is 10.2. The van der Waals surface area contributed by atoms with Gasteiger partial charge in [-0.05, 0) is 42.5 Å². The van der Waals surface area contributed by atoms with Gasteiger partial charge in [-0.2, -0.15) is 5.26 Å². The monoisotopic (exact) mass is 431 g/mol. The highest BCUT2D eigenvalue weighted by atomic mass is 16.3. The number of aryl methyl sites for hydroxylation is 1. The van der Waals surface area contributed by atoms with Crippen LogP contribution in [0, 0.1) is 11.3 Å². The Labute approximate surface area is 187 Å². The van der Waals surface area contributed by atoms with Crippen LogP contribution in [-0.4, -0.2) is 39.4 Å². The first-order valence-electron chi connectivity index (χ1n) is 10.1. The largest absolute Gasteiger partial charge is 0.467 e. The van der Waals surface area contributed by atoms with Crippen LogP contribution in [0.1, 0.15) is 17.0 Å². The Morgan fingerprint density at radius 2 is 2.03 bits per heavy atom. The number of hydrogen-bond donors (Lipinski definition) is 1. The topological polar surface area (TPSA) is 94.5 Å². The highest BCUT2D eigenvalue weighted by molar-refractivity contribution is 5.92. The van der Waals surface area contributed by atoms with E-state index in [1.807, 2.05) is 42.1 Å². The predicted octanol–water partition coefficient (Wildman–Crippen LogP) is 3.74. The highest BCUT2D eigenvalue weighted by Crippen LogP contribution is 2.14. The molecule has 2 heterocycles. The lowest BCUT2D eigenvalue weighted by Gasteiger charge is -2.27. The molecule has 0 atom stereocenters. The average molecular weight is 431 g/mol. The third kappa shape index (κ3) is 5.89. The van der Waals surface area contributed by atoms with E-state index in [4.69, 9.17) is 9.68 Å². The van der Waals surface area contributed by atoms with Gasteiger partial charge < -0.3 is 24.1 Å². The lowest BCUT2D eigenvalue weighted by molar-refractivity contribution is -0.133. The van der Waals surface area contributed by atoms with Crippen LogP contribution in [0.15, 0.2) is 78.1 Å². The molecule has 0 radical (unpaired) electrons. The van der Waals surface area contributed by atoms with Gasteiger partial charge >= 0.3 is 6.03 Å². The van der Waals surface area contributed by atoms with Crippen molar-refractivity contribution in [1.82, 2.24) is 14.4 Å². The molecule has 3 aromatic rings. The maximum Gasteiger partial charge on any atom is 0.322 e. The van der Waals surface area contributed by atoms with Crippen molar-refractivity contribution in [2.45, 2.75) is 13.1 Å². The zero-order valence-corrected chi connectivity index (χ0v) is 17.9. The minimum absolute atomic E-state index is 0.138. The molecule has 1 aromatic carbocycles. The lowest BCUT2D eigenvalue weighted by atomic mass is 10.2. The summed E-state index contributed by atoms with van der Waals surface area (Å²) in [4.78, 5) is 29.1. The summed E-state index contributed by atoms with van der Waals surface area (Å²) in [6, 6.07) is 15.6. The number of benzene rings is 1. The van der Waals surface area contributed by atoms with Crippen molar-refractivity contribution < 1.29 is 14.0 Å². The first-order chi connectivity index (χ1) is 15.5. The summed E-state index contributed by atoms with van der Waals surface area (Å²) in [6.07, 6.45) is 5.04. The number of nitriles is 1. The molecule has 0 spiro atoms. The third-order valence-corrected chi connectivity index (χ3v) is 4.89. The first kappa shape index (κ1) is 22.4. The SMILES string of the molecule is C=CCN(CC(=O)N(Cc1ccco1)Cc1cccn1C)C(=O)Nc1cccc(C#N)c1. The minimum atomic E-state index is -0.454. The van der Waals surface area contributed by atoms with E-state index >= 15 is 0 Å². The summed E-state index contributed by atoms with van der Waals surface area (Å²) >= 11 is 0. The second-order valence-electron chi connectivity index (χ2n) is 7.23. The fourth-order valence-electron chi connectivity index (χ4n) is 3.19. The molecule has 0 saturated carbocycles. The van der Waals surface area contributed by atoms with Gasteiger partial charge in [0, 0.05) is 31.2 Å². The summed E-state index contributed by atoms with van der Waals surface area (Å²) in [7, 11) is 1.91. The molecule has 164 valence electrons. The number of urea groups is 1. The Kier molecular flexibility index (Phi) is 7.49. The summed E-state index contributed by atoms with van der Waals surface area (Å²) in [5.41, 5.74) is 1.87. The summed E-state index contributed by atoms with van der Waals surface area (Å²) in [5.74, 6) is 0.422. The van der Waals surface area contributed by atoms with Crippen LogP contribution in [0.5, 0.6) is 0 Å². The number of furan rings is 1. The lowest BCUT2D eigenvalue weighted by Crippen LogP contribution is -2.44. The fraction of sp³-hybridized carbons (Fsp3) is 0.208. The first-order valence-corrected chi connectivity index (χ1v) is 10.1. The Hall–Kier alpha value is -4.25. The van der Waals surface area contributed by atoms with Crippen molar-refractivity contribution in [3.05, 3.63) is 90.7 Å². The number of hydrogen-bond acceptors (Lipinski definition) is 4. The molecule has 0 aliphatic carbocycles. The van der Waals surface area contributed by atoms with Gasteiger partial charge in [0.05, 0.1) is 31.0 Å². The number of carbonyl (C=O) groups is 2. The van der Waals surface area contributed by atoms with Gasteiger partial charge in [0.25, 0.3) is 0 Å². The van der Waals surface area contributed by atoms with Crippen molar-refractivity contribution in [2.24, 2.45) is 7.05 Å². The van der Waals surface area contributed by atoms with Crippen molar-refractivity contribution >= 4 is 17.6 Å². The van der Waals surface area contributed by atoms with Crippen molar-refractivity contribution in [3.8, 4) is 6.07 Å². The maximum atomic E-state index is 13.2. The van der Waals surface area contributed by atoms with Crippen LogP contribution < -0.4 is 5.32 Å². The minimum Gasteiger partial charge on any atom is -0.467 e. The Morgan fingerprint density at radius 3 is 2.69 bits per heavy atom. The van der Waals surface area contributed by atoms with Crippen molar-refractivity contribution in [1.29, 1.82) is 5.26 Å². The van der Waals surface area contributed by atoms with Gasteiger partial charge in [-0.15, -0.1) is 6.58 Å². The Morgan fingerprint density at radius 1 is 1.19 bits per heavy atom. The molecule has 32 heavy (non-hydrogen) atoms. The van der Waals surface area contributed by atoms with Gasteiger partial charge in [0.15, 0.2) is 0 Å². The van der Waals surface area contributed by atoms with Crippen LogP contribution in [-0.2, 0) is 24.9 Å². The quantitative estimate of drug-likeness (QED) is 0.522. The van der Waals surface area contributed by atoms with Crippen LogP contribution in [0.2, 0.25) is 0 Å². The second kappa shape index (κ2) is 10.7. The molecule has 8 nitrogen and oxygen atoms in total. The standard InChI is InChI=1S/C24H25N5O3/c1-3-11-28(24(31)26-20-8-4-7-19(14-20)15-25)18-23(30)29(17-22-10-6-13-32-22)16-21-9-5-12-27(21)2/h3-10,12-14H,1,11,16-18H2,2H3,(H,26,31). The van der Waals surface area contributed by atoms with Gasteiger partial charge in [0.1, 0.15) is 12.3 Å². The molecule has 0 saturated heterocycles. The Bertz CT molecular complexity index is 1110. The van der Waals surface area contributed by atoms with Crippen LogP contribution in [0.3, 0.4) is 0 Å². The van der Waals surface area contributed by atoms with Gasteiger partial charge in [0.2, 0.25) is 5.91 Å². The van der Waals surface area contributed by atoms with E-state index in [0.29, 0.717) is 23.6 Å². The van der Waals surface area contributed by atoms with E-state index < -0.39 is 6.03 Å². The van der Waals surface area contributed by atoms with E-state index in [2.05, 4.69) is 11.9 Å². The Balaban J connectivity index is 1.74. The highest BCUT2D eigenvalue weighted by Gasteiger charge is 2.22. The van der Waals surface area contributed by atoms with Gasteiger partial charge in [-0.3, -0.25) is 4.79 Å². The zero-order valence-electron chi connectivity index (χ0n) is 17.9. The molecular formula is C24H25N5O3. The number of carbonyl (C=O) groups excluding carboxylic acids is 2. The molecule has 3 rings (SSSR count). The summed E-state index contributed by atoms with van der Waals surface area (Å²) in [6.45, 7) is 4.40. The maximum absolute atomic E-state index is 13.2. The molecule has 0 unspecified atom stereocenters. The molecular weight excluding hydrogens is 406 g/mol. The smallest absolute Gasteiger partial charge is 0.322 e. The molecule has 2 aromatic heterocycles. The predicted molar refractivity (Wildman–Crippen MR) is 120 cm³/mol. The number of rotatable bonds is 9. The molecule has 3 amide bonds. The molecule has 8 heteroatoms. The van der Waals surface area contributed by atoms with Gasteiger partial charge in [-0.1, -0.05) is 12.1 Å². The molecule has 1 N–H and O–H groups in total. The average Bonchev–Trinajstić information content (AvgIpc) is 3.45. The van der Waals surface area contributed by atoms with E-state index in [1.54, 1.807) is 47.6 Å². The van der Waals surface area contributed by atoms with Gasteiger partial charge in [-0.25, -0.2) is 4.79 Å². The summed E-state index contributed by atoms with van der Waals surface area (Å²) < 4.78 is 7.37. The van der Waals surface area contributed by atoms with Crippen LogP contribution in [0.4, 0.5) is 10.5 Å². The fourth-order valence-corrected chi connectivity index (χ4v) is 3.19. The number of anilines is 1. The van der Waals surface area contributed by atoms with E-state index in [1.165, 1.54) is 4.90 Å². The van der Waals surface area contributed by atoms with Crippen LogP contribution in [0.25, 0.3) is 0 Å². The zero-order chi connectivity index (χ0) is 22.9. The molecule has 0 bridgehead atoms. The molecule has 0 aliphatic heterocycles. The molecule has 0 aliphatic rings. The molecule has 0 fully saturated rings. The van der Waals surface area contributed by atoms with Crippen molar-refractivity contribution in [3.63, 3.8) is 0 Å².